The Hall–Kier alpha value is -2.08. The molecule has 0 radical (unpaired) electrons. The van der Waals surface area contributed by atoms with E-state index in [1.807, 2.05) is 0 Å². The molecular formula is C13H25N4O7+. The van der Waals surface area contributed by atoms with Crippen molar-refractivity contribution >= 4 is 24.0 Å². The van der Waals surface area contributed by atoms with Gasteiger partial charge in [-0.15, -0.1) is 0 Å². The largest absolute Gasteiger partial charge is 0.394 e. The molecule has 9 N–H and O–H groups in total. The number of aliphatic hydroxyl groups is 3. The number of carbonyl (C=O) groups excluding carboxylic acids is 4. The summed E-state index contributed by atoms with van der Waals surface area (Å²) in [6, 6.07) is -4.64. The predicted molar refractivity (Wildman–Crippen MR) is 80.1 cm³/mol. The van der Waals surface area contributed by atoms with Crippen LogP contribution in [0.2, 0.25) is 0 Å². The SMILES string of the molecule is C[C@H]([NH3+])C(=O)N[C@@H](CO)C(=O)N[C@H](C(=O)N[C@H](C=O)CO)[C@@H](C)O. The van der Waals surface area contributed by atoms with Crippen LogP contribution in [0.3, 0.4) is 0 Å². The number of rotatable bonds is 10. The van der Waals surface area contributed by atoms with Crippen molar-refractivity contribution in [3.05, 3.63) is 0 Å². The van der Waals surface area contributed by atoms with E-state index in [4.69, 9.17) is 5.11 Å². The molecule has 0 saturated carbocycles. The van der Waals surface area contributed by atoms with Crippen molar-refractivity contribution in [3.8, 4) is 0 Å². The topological polar surface area (TPSA) is 193 Å². The summed E-state index contributed by atoms with van der Waals surface area (Å²) < 4.78 is 0. The average Bonchev–Trinajstić information content (AvgIpc) is 2.53. The first-order valence-corrected chi connectivity index (χ1v) is 7.27. The van der Waals surface area contributed by atoms with Crippen LogP contribution >= 0.6 is 0 Å². The molecule has 0 rings (SSSR count). The summed E-state index contributed by atoms with van der Waals surface area (Å²) in [6.45, 7) is 1.34. The molecule has 3 amide bonds. The van der Waals surface area contributed by atoms with Crippen molar-refractivity contribution in [3.63, 3.8) is 0 Å². The van der Waals surface area contributed by atoms with Gasteiger partial charge in [0.2, 0.25) is 11.8 Å². The lowest BCUT2D eigenvalue weighted by molar-refractivity contribution is -0.398. The third-order valence-corrected chi connectivity index (χ3v) is 3.01. The lowest BCUT2D eigenvalue weighted by Crippen LogP contribution is -2.68. The van der Waals surface area contributed by atoms with Crippen molar-refractivity contribution < 1.29 is 40.2 Å². The first kappa shape index (κ1) is 21.9. The molecule has 5 atom stereocenters. The number of amides is 3. The van der Waals surface area contributed by atoms with Crippen LogP contribution in [0.15, 0.2) is 0 Å². The number of hydrogen-bond donors (Lipinski definition) is 7. The summed E-state index contributed by atoms with van der Waals surface area (Å²) in [5.41, 5.74) is 3.47. The molecule has 0 fully saturated rings. The minimum absolute atomic E-state index is 0.297. The fraction of sp³-hybridized carbons (Fsp3) is 0.692. The molecule has 0 aromatic rings. The van der Waals surface area contributed by atoms with E-state index in [-0.39, 0.29) is 0 Å². The van der Waals surface area contributed by atoms with Gasteiger partial charge in [0.05, 0.1) is 19.3 Å². The predicted octanol–water partition coefficient (Wildman–Crippen LogP) is -5.36. The fourth-order valence-electron chi connectivity index (χ4n) is 1.56. The molecule has 11 heteroatoms. The summed E-state index contributed by atoms with van der Waals surface area (Å²) in [6.07, 6.45) is -1.03. The van der Waals surface area contributed by atoms with Crippen LogP contribution in [-0.4, -0.2) is 82.8 Å². The van der Waals surface area contributed by atoms with Gasteiger partial charge in [0.1, 0.15) is 24.4 Å². The second-order valence-electron chi connectivity index (χ2n) is 5.31. The first-order chi connectivity index (χ1) is 11.2. The number of carbonyl (C=O) groups is 4. The van der Waals surface area contributed by atoms with E-state index in [0.717, 1.165) is 0 Å². The second-order valence-corrected chi connectivity index (χ2v) is 5.31. The lowest BCUT2D eigenvalue weighted by Gasteiger charge is -2.24. The van der Waals surface area contributed by atoms with Gasteiger partial charge in [-0.1, -0.05) is 0 Å². The number of nitrogens with one attached hydrogen (secondary N) is 3. The number of aldehydes is 1. The van der Waals surface area contributed by atoms with Crippen LogP contribution in [0.25, 0.3) is 0 Å². The van der Waals surface area contributed by atoms with Gasteiger partial charge in [0, 0.05) is 0 Å². The molecule has 0 spiro atoms. The van der Waals surface area contributed by atoms with Gasteiger partial charge >= 0.3 is 0 Å². The minimum atomic E-state index is -1.45. The molecule has 24 heavy (non-hydrogen) atoms. The molecule has 0 heterocycles. The van der Waals surface area contributed by atoms with E-state index < -0.39 is 61.2 Å². The molecule has 0 unspecified atom stereocenters. The third-order valence-electron chi connectivity index (χ3n) is 3.01. The van der Waals surface area contributed by atoms with E-state index in [2.05, 4.69) is 21.7 Å². The first-order valence-electron chi connectivity index (χ1n) is 7.27. The number of aliphatic hydroxyl groups excluding tert-OH is 3. The van der Waals surface area contributed by atoms with Crippen molar-refractivity contribution in [2.24, 2.45) is 0 Å². The molecule has 11 nitrogen and oxygen atoms in total. The fourth-order valence-corrected chi connectivity index (χ4v) is 1.56. The summed E-state index contributed by atoms with van der Waals surface area (Å²) >= 11 is 0. The van der Waals surface area contributed by atoms with Crippen molar-refractivity contribution in [2.75, 3.05) is 13.2 Å². The summed E-state index contributed by atoms with van der Waals surface area (Å²) in [5.74, 6) is -2.39. The molecular weight excluding hydrogens is 324 g/mol. The summed E-state index contributed by atoms with van der Waals surface area (Å²) in [5, 5.41) is 34.2. The van der Waals surface area contributed by atoms with E-state index in [9.17, 15) is 29.4 Å². The van der Waals surface area contributed by atoms with Crippen molar-refractivity contribution in [1.29, 1.82) is 0 Å². The van der Waals surface area contributed by atoms with E-state index in [1.54, 1.807) is 0 Å². The zero-order valence-corrected chi connectivity index (χ0v) is 13.6. The van der Waals surface area contributed by atoms with E-state index >= 15 is 0 Å². The van der Waals surface area contributed by atoms with Crippen molar-refractivity contribution in [2.45, 2.75) is 44.1 Å². The maximum Gasteiger partial charge on any atom is 0.278 e. The lowest BCUT2D eigenvalue weighted by atomic mass is 10.1. The highest BCUT2D eigenvalue weighted by Gasteiger charge is 2.31. The van der Waals surface area contributed by atoms with Crippen LogP contribution in [-0.2, 0) is 19.2 Å². The Bertz CT molecular complexity index is 456. The maximum atomic E-state index is 12.1. The van der Waals surface area contributed by atoms with Crippen LogP contribution in [0.4, 0.5) is 0 Å². The summed E-state index contributed by atoms with van der Waals surface area (Å²) in [7, 11) is 0. The summed E-state index contributed by atoms with van der Waals surface area (Å²) in [4.78, 5) is 46.2. The Kier molecular flexibility index (Phi) is 9.73. The van der Waals surface area contributed by atoms with E-state index in [0.29, 0.717) is 6.29 Å². The minimum Gasteiger partial charge on any atom is -0.394 e. The molecule has 0 aliphatic carbocycles. The second kappa shape index (κ2) is 10.6. The maximum absolute atomic E-state index is 12.1. The van der Waals surface area contributed by atoms with Gasteiger partial charge in [0.25, 0.3) is 5.91 Å². The monoisotopic (exact) mass is 349 g/mol. The Morgan fingerprint density at radius 1 is 1.00 bits per heavy atom. The normalized spacial score (nSPS) is 16.9. The van der Waals surface area contributed by atoms with Crippen molar-refractivity contribution in [1.82, 2.24) is 16.0 Å². The zero-order chi connectivity index (χ0) is 18.9. The highest BCUT2D eigenvalue weighted by atomic mass is 16.3. The average molecular weight is 349 g/mol. The Morgan fingerprint density at radius 2 is 1.58 bits per heavy atom. The van der Waals surface area contributed by atoms with Gasteiger partial charge < -0.3 is 41.8 Å². The standard InChI is InChI=1S/C13H24N4O7/c1-6(14)11(22)16-9(5-20)12(23)17-10(7(2)21)13(24)15-8(3-18)4-19/h3,6-10,19-21H,4-5,14H2,1-2H3,(H,15,24)(H,16,22)(H,17,23)/p+1/t6-,7+,8+,9-,10-/m0/s1. The molecule has 0 saturated heterocycles. The smallest absolute Gasteiger partial charge is 0.278 e. The Balaban J connectivity index is 4.96. The molecule has 0 aliphatic rings. The third kappa shape index (κ3) is 7.00. The quantitative estimate of drug-likeness (QED) is 0.191. The van der Waals surface area contributed by atoms with E-state index in [1.165, 1.54) is 13.8 Å². The van der Waals surface area contributed by atoms with Gasteiger partial charge in [-0.2, -0.15) is 0 Å². The Labute approximate surface area is 138 Å². The number of hydrogen-bond acceptors (Lipinski definition) is 7. The number of quaternary nitrogens is 1. The van der Waals surface area contributed by atoms with Gasteiger partial charge in [-0.05, 0) is 13.8 Å². The van der Waals surface area contributed by atoms with Crippen LogP contribution in [0, 0.1) is 0 Å². The molecule has 138 valence electrons. The molecule has 0 aromatic heterocycles. The van der Waals surface area contributed by atoms with Gasteiger partial charge in [-0.25, -0.2) is 0 Å². The Morgan fingerprint density at radius 3 is 1.96 bits per heavy atom. The van der Waals surface area contributed by atoms with Gasteiger partial charge in [-0.3, -0.25) is 14.4 Å². The highest BCUT2D eigenvalue weighted by molar-refractivity contribution is 5.93. The molecule has 0 aliphatic heterocycles. The van der Waals surface area contributed by atoms with Gasteiger partial charge in [0.15, 0.2) is 6.04 Å². The van der Waals surface area contributed by atoms with Crippen LogP contribution in [0.1, 0.15) is 13.8 Å². The molecule has 0 bridgehead atoms. The zero-order valence-electron chi connectivity index (χ0n) is 13.6. The molecule has 0 aromatic carbocycles. The van der Waals surface area contributed by atoms with Crippen LogP contribution in [0.5, 0.6) is 0 Å². The highest BCUT2D eigenvalue weighted by Crippen LogP contribution is 1.97. The van der Waals surface area contributed by atoms with Crippen LogP contribution < -0.4 is 21.7 Å².